The topological polar surface area (TPSA) is 64.1 Å². The lowest BCUT2D eigenvalue weighted by Crippen LogP contribution is -2.49. The Labute approximate surface area is 195 Å². The molecule has 1 aromatic heterocycles. The Morgan fingerprint density at radius 1 is 1.16 bits per heavy atom. The van der Waals surface area contributed by atoms with E-state index in [9.17, 15) is 9.18 Å². The molecule has 1 saturated heterocycles. The summed E-state index contributed by atoms with van der Waals surface area (Å²) in [6.07, 6.45) is -0.795. The Balaban J connectivity index is 0.00000245. The molecule has 0 saturated carbocycles. The average molecular weight is 480 g/mol. The molecule has 170 valence electrons. The third kappa shape index (κ3) is 4.66. The van der Waals surface area contributed by atoms with Gasteiger partial charge in [0.15, 0.2) is 16.6 Å². The molecule has 3 heterocycles. The Kier molecular flexibility index (Phi) is 7.10. The van der Waals surface area contributed by atoms with E-state index < -0.39 is 11.9 Å². The maximum absolute atomic E-state index is 14.2. The molecular weight excluding hydrogens is 457 g/mol. The highest BCUT2D eigenvalue weighted by Crippen LogP contribution is 2.34. The van der Waals surface area contributed by atoms with Gasteiger partial charge in [-0.15, -0.1) is 12.4 Å². The summed E-state index contributed by atoms with van der Waals surface area (Å²) in [4.78, 5) is 21.8. The first-order valence-corrected chi connectivity index (χ1v) is 11.1. The number of hydrogen-bond acceptors (Lipinski definition) is 7. The third-order valence-electron chi connectivity index (χ3n) is 5.38. The lowest BCUT2D eigenvalue weighted by molar-refractivity contribution is -0.127. The predicted molar refractivity (Wildman–Crippen MR) is 123 cm³/mol. The van der Waals surface area contributed by atoms with Crippen molar-refractivity contribution in [3.8, 4) is 11.5 Å². The molecule has 1 amide bonds. The number of anilines is 1. The summed E-state index contributed by atoms with van der Waals surface area (Å²) in [6, 6.07) is 12.1. The lowest BCUT2D eigenvalue weighted by atomic mass is 10.2. The minimum atomic E-state index is -0.795. The second-order valence-electron chi connectivity index (χ2n) is 7.39. The number of aromatic nitrogens is 1. The molecule has 0 aliphatic carbocycles. The first-order valence-electron chi connectivity index (χ1n) is 10.2. The van der Waals surface area contributed by atoms with Gasteiger partial charge < -0.3 is 14.2 Å². The monoisotopic (exact) mass is 479 g/mol. The van der Waals surface area contributed by atoms with E-state index in [0.29, 0.717) is 47.6 Å². The van der Waals surface area contributed by atoms with E-state index in [-0.39, 0.29) is 30.4 Å². The minimum Gasteiger partial charge on any atom is -0.485 e. The van der Waals surface area contributed by atoms with Crippen LogP contribution in [0.25, 0.3) is 10.2 Å². The van der Waals surface area contributed by atoms with E-state index in [4.69, 9.17) is 14.2 Å². The van der Waals surface area contributed by atoms with Crippen LogP contribution in [0.5, 0.6) is 11.5 Å². The van der Waals surface area contributed by atoms with Gasteiger partial charge in [0.05, 0.1) is 17.9 Å². The highest BCUT2D eigenvalue weighted by molar-refractivity contribution is 7.22. The molecule has 7 nitrogen and oxygen atoms in total. The van der Waals surface area contributed by atoms with Crippen molar-refractivity contribution in [1.82, 2.24) is 9.88 Å². The van der Waals surface area contributed by atoms with E-state index in [1.165, 1.54) is 17.4 Å². The number of rotatable bonds is 5. The highest BCUT2D eigenvalue weighted by atomic mass is 35.5. The number of hydrogen-bond donors (Lipinski definition) is 0. The number of fused-ring (bicyclic) bond motifs is 2. The maximum atomic E-state index is 14.2. The fourth-order valence-electron chi connectivity index (χ4n) is 3.70. The van der Waals surface area contributed by atoms with Crippen LogP contribution >= 0.6 is 23.7 Å². The zero-order valence-electron chi connectivity index (χ0n) is 17.2. The van der Waals surface area contributed by atoms with Gasteiger partial charge in [-0.3, -0.25) is 14.6 Å². The van der Waals surface area contributed by atoms with Gasteiger partial charge >= 0.3 is 0 Å². The number of thiazole rings is 1. The lowest BCUT2D eigenvalue weighted by Gasteiger charge is -2.32. The van der Waals surface area contributed by atoms with Crippen LogP contribution in [0, 0.1) is 5.82 Å². The standard InChI is InChI=1S/C22H22FN3O4S.ClH/c23-15-4-3-7-19-20(15)24-22(31-19)26(9-8-25-10-12-28-13-11-25)21(27)18-14-29-16-5-1-2-6-17(16)30-18;/h1-7,18H,8-14H2;1H. The molecule has 2 aliphatic heterocycles. The van der Waals surface area contributed by atoms with Gasteiger partial charge in [0.1, 0.15) is 17.9 Å². The molecule has 2 aliphatic rings. The van der Waals surface area contributed by atoms with Crippen molar-refractivity contribution in [2.75, 3.05) is 50.9 Å². The van der Waals surface area contributed by atoms with E-state index >= 15 is 0 Å². The number of carbonyl (C=O) groups is 1. The Morgan fingerprint density at radius 2 is 1.94 bits per heavy atom. The molecule has 10 heteroatoms. The smallest absolute Gasteiger partial charge is 0.273 e. The quantitative estimate of drug-likeness (QED) is 0.559. The molecule has 32 heavy (non-hydrogen) atoms. The second kappa shape index (κ2) is 9.99. The Hall–Kier alpha value is -2.46. The van der Waals surface area contributed by atoms with Crippen molar-refractivity contribution >= 4 is 45.0 Å². The average Bonchev–Trinajstić information content (AvgIpc) is 3.25. The van der Waals surface area contributed by atoms with Gasteiger partial charge in [-0.05, 0) is 24.3 Å². The van der Waals surface area contributed by atoms with Crippen LogP contribution in [-0.2, 0) is 9.53 Å². The summed E-state index contributed by atoms with van der Waals surface area (Å²) in [5.74, 6) is 0.512. The molecule has 3 aromatic rings. The molecule has 0 spiro atoms. The van der Waals surface area contributed by atoms with Crippen LogP contribution in [0.2, 0.25) is 0 Å². The first-order chi connectivity index (χ1) is 15.2. The van der Waals surface area contributed by atoms with Crippen LogP contribution < -0.4 is 14.4 Å². The second-order valence-corrected chi connectivity index (χ2v) is 8.40. The third-order valence-corrected chi connectivity index (χ3v) is 6.43. The van der Waals surface area contributed by atoms with E-state index in [1.807, 2.05) is 18.2 Å². The molecule has 5 rings (SSSR count). The summed E-state index contributed by atoms with van der Waals surface area (Å²) in [5, 5.41) is 0.459. The summed E-state index contributed by atoms with van der Waals surface area (Å²) in [7, 11) is 0. The van der Waals surface area contributed by atoms with Gasteiger partial charge in [-0.25, -0.2) is 9.37 Å². The molecule has 1 atom stereocenters. The number of halogens is 2. The minimum absolute atomic E-state index is 0. The van der Waals surface area contributed by atoms with Crippen LogP contribution in [-0.4, -0.2) is 67.9 Å². The zero-order valence-corrected chi connectivity index (χ0v) is 18.9. The Morgan fingerprint density at radius 3 is 2.72 bits per heavy atom. The largest absolute Gasteiger partial charge is 0.485 e. The number of ether oxygens (including phenoxy) is 3. The predicted octanol–water partition coefficient (Wildman–Crippen LogP) is 3.36. The molecule has 0 radical (unpaired) electrons. The normalized spacial score (nSPS) is 18.2. The fourth-order valence-corrected chi connectivity index (χ4v) is 4.71. The molecule has 2 aromatic carbocycles. The Bertz CT molecular complexity index is 1090. The van der Waals surface area contributed by atoms with Crippen LogP contribution in [0.3, 0.4) is 0 Å². The van der Waals surface area contributed by atoms with Crippen LogP contribution in [0.4, 0.5) is 9.52 Å². The van der Waals surface area contributed by atoms with Gasteiger partial charge in [-0.1, -0.05) is 29.5 Å². The number of morpholine rings is 1. The molecule has 1 fully saturated rings. The van der Waals surface area contributed by atoms with Crippen molar-refractivity contribution in [3.05, 3.63) is 48.3 Å². The van der Waals surface area contributed by atoms with E-state index in [1.54, 1.807) is 23.1 Å². The number of carbonyl (C=O) groups excluding carboxylic acids is 1. The van der Waals surface area contributed by atoms with Gasteiger partial charge in [-0.2, -0.15) is 0 Å². The fraction of sp³-hybridized carbons (Fsp3) is 0.364. The van der Waals surface area contributed by atoms with Crippen LogP contribution in [0.15, 0.2) is 42.5 Å². The first kappa shape index (κ1) is 22.7. The molecule has 0 bridgehead atoms. The summed E-state index contributed by atoms with van der Waals surface area (Å²) < 4.78 is 32.0. The van der Waals surface area contributed by atoms with Crippen molar-refractivity contribution in [2.24, 2.45) is 0 Å². The van der Waals surface area contributed by atoms with Crippen molar-refractivity contribution < 1.29 is 23.4 Å². The molecule has 1 unspecified atom stereocenters. The van der Waals surface area contributed by atoms with Crippen molar-refractivity contribution in [2.45, 2.75) is 6.10 Å². The summed E-state index contributed by atoms with van der Waals surface area (Å²) in [5.41, 5.74) is 0.276. The van der Waals surface area contributed by atoms with E-state index in [2.05, 4.69) is 9.88 Å². The molecule has 0 N–H and O–H groups in total. The number of amides is 1. The van der Waals surface area contributed by atoms with Crippen molar-refractivity contribution in [3.63, 3.8) is 0 Å². The van der Waals surface area contributed by atoms with Gasteiger partial charge in [0.25, 0.3) is 5.91 Å². The van der Waals surface area contributed by atoms with Crippen LogP contribution in [0.1, 0.15) is 0 Å². The van der Waals surface area contributed by atoms with E-state index in [0.717, 1.165) is 13.1 Å². The summed E-state index contributed by atoms with van der Waals surface area (Å²) in [6.45, 7) is 4.18. The summed E-state index contributed by atoms with van der Waals surface area (Å²) >= 11 is 1.30. The van der Waals surface area contributed by atoms with Gasteiger partial charge in [0.2, 0.25) is 6.10 Å². The number of benzene rings is 2. The highest BCUT2D eigenvalue weighted by Gasteiger charge is 2.33. The van der Waals surface area contributed by atoms with Gasteiger partial charge in [0, 0.05) is 26.2 Å². The zero-order chi connectivity index (χ0) is 21.2. The number of nitrogens with zero attached hydrogens (tertiary/aromatic N) is 3. The SMILES string of the molecule is Cl.O=C(C1COc2ccccc2O1)N(CCN1CCOCC1)c1nc2c(F)cccc2s1. The number of para-hydroxylation sites is 3. The van der Waals surface area contributed by atoms with Crippen molar-refractivity contribution in [1.29, 1.82) is 0 Å². The molecular formula is C22H23ClFN3O4S. The maximum Gasteiger partial charge on any atom is 0.273 e.